The van der Waals surface area contributed by atoms with Crippen LogP contribution in [0.15, 0.2) is 36.4 Å². The van der Waals surface area contributed by atoms with Crippen molar-refractivity contribution in [2.24, 2.45) is 7.05 Å². The normalized spacial score (nSPS) is 14.2. The number of nitrogen functional groups attached to an aromatic ring is 1. The van der Waals surface area contributed by atoms with Gasteiger partial charge in [0.15, 0.2) is 0 Å². The molecule has 0 unspecified atom stereocenters. The highest BCUT2D eigenvalue weighted by atomic mass is 16.2. The zero-order valence-corrected chi connectivity index (χ0v) is 14.1. The summed E-state index contributed by atoms with van der Waals surface area (Å²) < 4.78 is 1.94. The summed E-state index contributed by atoms with van der Waals surface area (Å²) in [6.07, 6.45) is 1.56. The van der Waals surface area contributed by atoms with E-state index in [2.05, 4.69) is 22.3 Å². The molecule has 0 saturated heterocycles. The average molecular weight is 336 g/mol. The lowest BCUT2D eigenvalue weighted by atomic mass is 10.0. The molecule has 1 aromatic carbocycles. The van der Waals surface area contributed by atoms with Gasteiger partial charge in [-0.1, -0.05) is 30.3 Å². The largest absolute Gasteiger partial charge is 0.382 e. The van der Waals surface area contributed by atoms with Gasteiger partial charge in [-0.2, -0.15) is 10.2 Å². The van der Waals surface area contributed by atoms with E-state index in [0.29, 0.717) is 24.6 Å². The maximum Gasteiger partial charge on any atom is 0.271 e. The second kappa shape index (κ2) is 6.08. The molecule has 0 saturated carbocycles. The third-order valence-electron chi connectivity index (χ3n) is 4.69. The third-order valence-corrected chi connectivity index (χ3v) is 4.69. The standard InChI is InChI=1S/C18H20N6O/c1-23-15-8-10-24(18(25)14-11-16(19)21-20-14)9-7-13(15)17(22-23)12-5-3-2-4-6-12/h2-6,11H,7-10H2,1H3,(H3,19,20,21). The van der Waals surface area contributed by atoms with Gasteiger partial charge in [0.2, 0.25) is 0 Å². The van der Waals surface area contributed by atoms with E-state index in [1.165, 1.54) is 11.3 Å². The van der Waals surface area contributed by atoms with Crippen LogP contribution >= 0.6 is 0 Å². The molecule has 7 nitrogen and oxygen atoms in total. The van der Waals surface area contributed by atoms with Crippen LogP contribution in [-0.2, 0) is 19.9 Å². The van der Waals surface area contributed by atoms with E-state index in [1.807, 2.05) is 34.8 Å². The smallest absolute Gasteiger partial charge is 0.271 e. The Hall–Kier alpha value is -3.09. The summed E-state index contributed by atoms with van der Waals surface area (Å²) in [5.41, 5.74) is 10.6. The number of hydrogen-bond acceptors (Lipinski definition) is 4. The minimum atomic E-state index is -0.0637. The summed E-state index contributed by atoms with van der Waals surface area (Å²) in [5.74, 6) is 0.267. The van der Waals surface area contributed by atoms with E-state index < -0.39 is 0 Å². The van der Waals surface area contributed by atoms with E-state index >= 15 is 0 Å². The fourth-order valence-electron chi connectivity index (χ4n) is 3.43. The van der Waals surface area contributed by atoms with Crippen molar-refractivity contribution in [2.75, 3.05) is 18.8 Å². The number of aryl methyl sites for hydroxylation is 1. The van der Waals surface area contributed by atoms with Crippen LogP contribution in [0.1, 0.15) is 21.7 Å². The van der Waals surface area contributed by atoms with Crippen molar-refractivity contribution in [1.82, 2.24) is 24.9 Å². The molecule has 3 aromatic rings. The molecule has 3 N–H and O–H groups in total. The SMILES string of the molecule is Cn1nc(-c2ccccc2)c2c1CCN(C(=O)c1cc(N)n[nH]1)CC2. The Balaban J connectivity index is 1.61. The molecule has 0 spiro atoms. The number of aromatic amines is 1. The van der Waals surface area contributed by atoms with Gasteiger partial charge in [0.05, 0.1) is 5.69 Å². The highest BCUT2D eigenvalue weighted by Gasteiger charge is 2.25. The second-order valence-corrected chi connectivity index (χ2v) is 6.26. The number of aromatic nitrogens is 4. The van der Waals surface area contributed by atoms with Crippen LogP contribution in [0.4, 0.5) is 5.82 Å². The van der Waals surface area contributed by atoms with Crippen molar-refractivity contribution in [3.8, 4) is 11.3 Å². The predicted octanol–water partition coefficient (Wildman–Crippen LogP) is 1.63. The van der Waals surface area contributed by atoms with Crippen molar-refractivity contribution in [2.45, 2.75) is 12.8 Å². The zero-order chi connectivity index (χ0) is 17.4. The van der Waals surface area contributed by atoms with Crippen LogP contribution in [0.25, 0.3) is 11.3 Å². The number of carbonyl (C=O) groups is 1. The molecule has 4 rings (SSSR count). The van der Waals surface area contributed by atoms with Crippen molar-refractivity contribution in [1.29, 1.82) is 0 Å². The van der Waals surface area contributed by atoms with E-state index in [9.17, 15) is 4.79 Å². The number of anilines is 1. The van der Waals surface area contributed by atoms with Gasteiger partial charge >= 0.3 is 0 Å². The fourth-order valence-corrected chi connectivity index (χ4v) is 3.43. The molecule has 25 heavy (non-hydrogen) atoms. The topological polar surface area (TPSA) is 92.8 Å². The number of hydrogen-bond donors (Lipinski definition) is 2. The van der Waals surface area contributed by atoms with Gasteiger partial charge in [0.25, 0.3) is 5.91 Å². The lowest BCUT2D eigenvalue weighted by molar-refractivity contribution is 0.0756. The minimum Gasteiger partial charge on any atom is -0.382 e. The first kappa shape index (κ1) is 15.4. The first-order valence-corrected chi connectivity index (χ1v) is 8.34. The molecule has 1 aliphatic heterocycles. The zero-order valence-electron chi connectivity index (χ0n) is 14.1. The Bertz CT molecular complexity index is 911. The van der Waals surface area contributed by atoms with Crippen molar-refractivity contribution >= 4 is 11.7 Å². The predicted molar refractivity (Wildman–Crippen MR) is 95.0 cm³/mol. The molecular weight excluding hydrogens is 316 g/mol. The van der Waals surface area contributed by atoms with Crippen LogP contribution in [0.5, 0.6) is 0 Å². The number of benzene rings is 1. The molecule has 1 aliphatic rings. The molecule has 0 fully saturated rings. The Morgan fingerprint density at radius 2 is 1.96 bits per heavy atom. The molecule has 3 heterocycles. The number of nitrogens with one attached hydrogen (secondary N) is 1. The van der Waals surface area contributed by atoms with E-state index in [0.717, 1.165) is 24.1 Å². The van der Waals surface area contributed by atoms with Gasteiger partial charge in [-0.3, -0.25) is 14.6 Å². The molecule has 2 aromatic heterocycles. The summed E-state index contributed by atoms with van der Waals surface area (Å²) in [6, 6.07) is 11.8. The van der Waals surface area contributed by atoms with Crippen LogP contribution in [-0.4, -0.2) is 43.9 Å². The monoisotopic (exact) mass is 336 g/mol. The number of rotatable bonds is 2. The first-order chi connectivity index (χ1) is 12.1. The maximum absolute atomic E-state index is 12.7. The molecule has 128 valence electrons. The lowest BCUT2D eigenvalue weighted by Crippen LogP contribution is -2.33. The summed E-state index contributed by atoms with van der Waals surface area (Å²) in [4.78, 5) is 14.5. The van der Waals surface area contributed by atoms with Crippen LogP contribution in [0.3, 0.4) is 0 Å². The van der Waals surface area contributed by atoms with E-state index in [4.69, 9.17) is 10.8 Å². The van der Waals surface area contributed by atoms with Crippen LogP contribution in [0, 0.1) is 0 Å². The summed E-state index contributed by atoms with van der Waals surface area (Å²) >= 11 is 0. The third kappa shape index (κ3) is 2.77. The fraction of sp³-hybridized carbons (Fsp3) is 0.278. The molecule has 0 radical (unpaired) electrons. The van der Waals surface area contributed by atoms with E-state index in [1.54, 1.807) is 6.07 Å². The van der Waals surface area contributed by atoms with Gasteiger partial charge in [-0.25, -0.2) is 0 Å². The molecule has 0 bridgehead atoms. The van der Waals surface area contributed by atoms with E-state index in [-0.39, 0.29) is 5.91 Å². The molecule has 7 heteroatoms. The average Bonchev–Trinajstić information content (AvgIpc) is 3.11. The van der Waals surface area contributed by atoms with Crippen LogP contribution < -0.4 is 5.73 Å². The quantitative estimate of drug-likeness (QED) is 0.744. The second-order valence-electron chi connectivity index (χ2n) is 6.26. The molecule has 1 amide bonds. The Labute approximate surface area is 145 Å². The summed E-state index contributed by atoms with van der Waals surface area (Å²) in [7, 11) is 1.97. The number of amides is 1. The van der Waals surface area contributed by atoms with Crippen molar-refractivity contribution in [3.63, 3.8) is 0 Å². The van der Waals surface area contributed by atoms with Crippen LogP contribution in [0.2, 0.25) is 0 Å². The Morgan fingerprint density at radius 1 is 1.20 bits per heavy atom. The highest BCUT2D eigenvalue weighted by molar-refractivity contribution is 5.93. The number of nitrogens with two attached hydrogens (primary N) is 1. The molecular formula is C18H20N6O. The first-order valence-electron chi connectivity index (χ1n) is 8.34. The van der Waals surface area contributed by atoms with Gasteiger partial charge in [-0.05, 0) is 6.42 Å². The molecule has 0 aliphatic carbocycles. The Morgan fingerprint density at radius 3 is 2.68 bits per heavy atom. The van der Waals surface area contributed by atoms with Gasteiger partial charge in [0.1, 0.15) is 11.5 Å². The Kier molecular flexibility index (Phi) is 3.76. The summed E-state index contributed by atoms with van der Waals surface area (Å²) in [5, 5.41) is 11.3. The highest BCUT2D eigenvalue weighted by Crippen LogP contribution is 2.28. The lowest BCUT2D eigenvalue weighted by Gasteiger charge is -2.19. The molecule has 0 atom stereocenters. The number of H-pyrrole nitrogens is 1. The minimum absolute atomic E-state index is 0.0637. The number of fused-ring (bicyclic) bond motifs is 1. The number of carbonyl (C=O) groups excluding carboxylic acids is 1. The van der Waals surface area contributed by atoms with Gasteiger partial charge in [-0.15, -0.1) is 0 Å². The van der Waals surface area contributed by atoms with Gasteiger partial charge in [0, 0.05) is 49.4 Å². The van der Waals surface area contributed by atoms with Gasteiger partial charge < -0.3 is 10.6 Å². The summed E-state index contributed by atoms with van der Waals surface area (Å²) in [6.45, 7) is 1.30. The van der Waals surface area contributed by atoms with Crippen molar-refractivity contribution < 1.29 is 4.79 Å². The number of nitrogens with zero attached hydrogens (tertiary/aromatic N) is 4. The van der Waals surface area contributed by atoms with Crippen molar-refractivity contribution in [3.05, 3.63) is 53.3 Å². The maximum atomic E-state index is 12.7.